The van der Waals surface area contributed by atoms with Crippen molar-refractivity contribution in [1.82, 2.24) is 0 Å². The zero-order chi connectivity index (χ0) is 23.3. The van der Waals surface area contributed by atoms with E-state index in [4.69, 9.17) is 0 Å². The van der Waals surface area contributed by atoms with Crippen LogP contribution in [0.3, 0.4) is 0 Å². The van der Waals surface area contributed by atoms with Gasteiger partial charge in [0.25, 0.3) is 0 Å². The lowest BCUT2D eigenvalue weighted by atomic mass is 9.61. The average Bonchev–Trinajstić information content (AvgIpc) is 2.90. The molecule has 0 aliphatic carbocycles. The average molecular weight is 420 g/mol. The second kappa shape index (κ2) is 8.91. The molecular weight excluding hydrogens is 404 g/mol. The Morgan fingerprint density at radius 1 is 0.364 bits per heavy atom. The van der Waals surface area contributed by atoms with Crippen LogP contribution in [-0.4, -0.2) is 0 Å². The van der Waals surface area contributed by atoms with Crippen molar-refractivity contribution in [1.29, 1.82) is 21.0 Å². The maximum atomic E-state index is 10.1. The van der Waals surface area contributed by atoms with Gasteiger partial charge in [0.05, 0.1) is 51.9 Å². The van der Waals surface area contributed by atoms with Crippen LogP contribution in [0.2, 0.25) is 0 Å². The second-order valence-corrected chi connectivity index (χ2v) is 7.38. The van der Waals surface area contributed by atoms with Gasteiger partial charge in [0.15, 0.2) is 0 Å². The van der Waals surface area contributed by atoms with E-state index in [-0.39, 0.29) is 0 Å². The van der Waals surface area contributed by atoms with Gasteiger partial charge in [0, 0.05) is 0 Å². The van der Waals surface area contributed by atoms with Gasteiger partial charge in [0.2, 0.25) is 0 Å². The van der Waals surface area contributed by atoms with Crippen LogP contribution in [0.5, 0.6) is 0 Å². The fourth-order valence-electron chi connectivity index (χ4n) is 4.50. The fraction of sp³-hybridized carbons (Fsp3) is 0.0345. The van der Waals surface area contributed by atoms with Crippen molar-refractivity contribution in [3.63, 3.8) is 0 Å². The maximum Gasteiger partial charge on any atom is 0.0995 e. The molecule has 0 amide bonds. The van der Waals surface area contributed by atoms with Crippen molar-refractivity contribution in [3.05, 3.63) is 142 Å². The molecule has 4 aromatic carbocycles. The van der Waals surface area contributed by atoms with E-state index < -0.39 is 5.41 Å². The molecular formula is C29H16N4. The van der Waals surface area contributed by atoms with E-state index in [9.17, 15) is 21.0 Å². The molecule has 0 unspecified atom stereocenters. The van der Waals surface area contributed by atoms with E-state index >= 15 is 0 Å². The number of nitrogens with zero attached hydrogens (tertiary/aromatic N) is 4. The van der Waals surface area contributed by atoms with E-state index in [0.717, 1.165) is 0 Å². The molecule has 0 spiro atoms. The second-order valence-electron chi connectivity index (χ2n) is 7.38. The Morgan fingerprint density at radius 3 is 0.788 bits per heavy atom. The van der Waals surface area contributed by atoms with Crippen LogP contribution in [-0.2, 0) is 5.41 Å². The molecule has 33 heavy (non-hydrogen) atoms. The first kappa shape index (κ1) is 21.1. The van der Waals surface area contributed by atoms with Crippen molar-refractivity contribution in [2.75, 3.05) is 0 Å². The summed E-state index contributed by atoms with van der Waals surface area (Å²) >= 11 is 0. The molecule has 0 radical (unpaired) electrons. The van der Waals surface area contributed by atoms with E-state index in [1.165, 1.54) is 0 Å². The van der Waals surface area contributed by atoms with Gasteiger partial charge < -0.3 is 0 Å². The van der Waals surface area contributed by atoms with Gasteiger partial charge in [-0.1, -0.05) is 72.8 Å². The molecule has 4 nitrogen and oxygen atoms in total. The lowest BCUT2D eigenvalue weighted by Gasteiger charge is -2.38. The molecule has 4 rings (SSSR count). The van der Waals surface area contributed by atoms with Gasteiger partial charge in [0.1, 0.15) is 0 Å². The Hall–Kier alpha value is -5.16. The molecule has 0 aliphatic rings. The Morgan fingerprint density at radius 2 is 0.576 bits per heavy atom. The van der Waals surface area contributed by atoms with E-state index in [1.54, 1.807) is 48.5 Å². The van der Waals surface area contributed by atoms with Gasteiger partial charge in [-0.3, -0.25) is 0 Å². The Labute approximate surface area is 192 Å². The van der Waals surface area contributed by atoms with E-state index in [2.05, 4.69) is 24.3 Å². The molecule has 0 N–H and O–H groups in total. The number of benzene rings is 4. The molecule has 4 aromatic rings. The highest BCUT2D eigenvalue weighted by Crippen LogP contribution is 2.49. The van der Waals surface area contributed by atoms with Crippen molar-refractivity contribution in [2.45, 2.75) is 5.41 Å². The summed E-state index contributed by atoms with van der Waals surface area (Å²) in [5.41, 5.74) is 2.72. The summed E-state index contributed by atoms with van der Waals surface area (Å²) < 4.78 is 0. The van der Waals surface area contributed by atoms with Crippen molar-refractivity contribution >= 4 is 0 Å². The SMILES string of the molecule is N#Cc1ccccc1C(c1ccccc1C#N)(c1ccccc1C#N)c1ccccc1C#N. The lowest BCUT2D eigenvalue weighted by molar-refractivity contribution is 0.734. The highest BCUT2D eigenvalue weighted by atomic mass is 14.5. The number of hydrogen-bond donors (Lipinski definition) is 0. The third-order valence-electron chi connectivity index (χ3n) is 5.81. The molecule has 0 bridgehead atoms. The highest BCUT2D eigenvalue weighted by molar-refractivity contribution is 5.70. The van der Waals surface area contributed by atoms with Crippen molar-refractivity contribution in [2.24, 2.45) is 0 Å². The third kappa shape index (κ3) is 3.30. The minimum absolute atomic E-state index is 0.394. The summed E-state index contributed by atoms with van der Waals surface area (Å²) in [6, 6.07) is 37.6. The molecule has 4 heteroatoms. The first-order chi connectivity index (χ1) is 16.2. The Balaban J connectivity index is 2.38. The summed E-state index contributed by atoms with van der Waals surface area (Å²) in [6.07, 6.45) is 0. The van der Waals surface area contributed by atoms with Gasteiger partial charge in [-0.25, -0.2) is 0 Å². The van der Waals surface area contributed by atoms with Crippen molar-refractivity contribution in [3.8, 4) is 24.3 Å². The standard InChI is InChI=1S/C29H16N4/c30-17-21-9-1-5-13-25(21)29(26-14-6-2-10-22(26)18-31,27-15-7-3-11-23(27)19-32)28-16-8-4-12-24(28)20-33/h1-16H. The van der Waals surface area contributed by atoms with Crippen LogP contribution in [0.1, 0.15) is 44.5 Å². The topological polar surface area (TPSA) is 95.2 Å². The molecule has 0 saturated carbocycles. The van der Waals surface area contributed by atoms with Gasteiger partial charge in [-0.2, -0.15) is 21.0 Å². The predicted octanol–water partition coefficient (Wildman–Crippen LogP) is 5.56. The van der Waals surface area contributed by atoms with Gasteiger partial charge in [-0.05, 0) is 46.5 Å². The quantitative estimate of drug-likeness (QED) is 0.404. The van der Waals surface area contributed by atoms with Crippen LogP contribution in [0.15, 0.2) is 97.1 Å². The predicted molar refractivity (Wildman–Crippen MR) is 124 cm³/mol. The number of hydrogen-bond acceptors (Lipinski definition) is 4. The monoisotopic (exact) mass is 420 g/mol. The summed E-state index contributed by atoms with van der Waals surface area (Å²) in [4.78, 5) is 0. The Kier molecular flexibility index (Phi) is 5.70. The van der Waals surface area contributed by atoms with Crippen LogP contribution in [0.4, 0.5) is 0 Å². The number of rotatable bonds is 4. The summed E-state index contributed by atoms with van der Waals surface area (Å²) in [5.74, 6) is 0. The fourth-order valence-corrected chi connectivity index (χ4v) is 4.50. The molecule has 152 valence electrons. The molecule has 0 fully saturated rings. The molecule has 0 aliphatic heterocycles. The Bertz CT molecular complexity index is 1290. The van der Waals surface area contributed by atoms with E-state index in [0.29, 0.717) is 44.5 Å². The summed E-state index contributed by atoms with van der Waals surface area (Å²) in [7, 11) is 0. The molecule has 0 saturated heterocycles. The minimum Gasteiger partial charge on any atom is -0.192 e. The van der Waals surface area contributed by atoms with Crippen LogP contribution in [0.25, 0.3) is 0 Å². The van der Waals surface area contributed by atoms with Crippen LogP contribution in [0, 0.1) is 45.3 Å². The zero-order valence-corrected chi connectivity index (χ0v) is 17.5. The van der Waals surface area contributed by atoms with Crippen LogP contribution < -0.4 is 0 Å². The maximum absolute atomic E-state index is 10.1. The summed E-state index contributed by atoms with van der Waals surface area (Å²) in [5, 5.41) is 40.2. The first-order valence-electron chi connectivity index (χ1n) is 10.2. The molecule has 0 aromatic heterocycles. The van der Waals surface area contributed by atoms with Crippen LogP contribution >= 0.6 is 0 Å². The molecule has 0 atom stereocenters. The lowest BCUT2D eigenvalue weighted by Crippen LogP contribution is -2.34. The minimum atomic E-state index is -1.25. The van der Waals surface area contributed by atoms with E-state index in [1.807, 2.05) is 48.5 Å². The van der Waals surface area contributed by atoms with Crippen molar-refractivity contribution < 1.29 is 0 Å². The molecule has 0 heterocycles. The normalized spacial score (nSPS) is 10.3. The largest absolute Gasteiger partial charge is 0.192 e. The highest BCUT2D eigenvalue weighted by Gasteiger charge is 2.44. The smallest absolute Gasteiger partial charge is 0.0995 e. The zero-order valence-electron chi connectivity index (χ0n) is 17.5. The first-order valence-corrected chi connectivity index (χ1v) is 10.2. The van der Waals surface area contributed by atoms with Gasteiger partial charge in [-0.15, -0.1) is 0 Å². The van der Waals surface area contributed by atoms with Gasteiger partial charge >= 0.3 is 0 Å². The third-order valence-corrected chi connectivity index (χ3v) is 5.81. The summed E-state index contributed by atoms with van der Waals surface area (Å²) in [6.45, 7) is 0. The number of nitriles is 4.